The van der Waals surface area contributed by atoms with Gasteiger partial charge in [0.05, 0.1) is 15.2 Å². The number of rotatable bonds is 3. The molecule has 0 radical (unpaired) electrons. The van der Waals surface area contributed by atoms with Crippen LogP contribution in [0.3, 0.4) is 0 Å². The van der Waals surface area contributed by atoms with Gasteiger partial charge in [-0.2, -0.15) is 4.98 Å². The first-order valence-electron chi connectivity index (χ1n) is 5.68. The summed E-state index contributed by atoms with van der Waals surface area (Å²) >= 11 is 9.14. The average molecular weight is 352 g/mol. The van der Waals surface area contributed by atoms with Gasteiger partial charge in [-0.05, 0) is 34.1 Å². The Morgan fingerprint density at radius 2 is 1.95 bits per heavy atom. The van der Waals surface area contributed by atoms with Crippen LogP contribution in [0.25, 0.3) is 5.69 Å². The number of hydrogen-bond donors (Lipinski definition) is 0. The number of hydrogen-bond acceptors (Lipinski definition) is 4. The Bertz CT molecular complexity index is 732. The van der Waals surface area contributed by atoms with Crippen LogP contribution in [0.2, 0.25) is 5.02 Å². The number of nitrogens with zero attached hydrogens (tertiary/aromatic N) is 4. The molecule has 3 aromatic rings. The van der Waals surface area contributed by atoms with Crippen molar-refractivity contribution in [1.29, 1.82) is 0 Å². The molecule has 0 spiro atoms. The molecule has 0 aliphatic rings. The maximum absolute atomic E-state index is 5.82. The maximum Gasteiger partial charge on any atom is 0.342 e. The zero-order valence-corrected chi connectivity index (χ0v) is 12.4. The van der Waals surface area contributed by atoms with E-state index in [0.29, 0.717) is 15.4 Å². The Balaban J connectivity index is 1.84. The molecule has 0 saturated carbocycles. The van der Waals surface area contributed by atoms with Gasteiger partial charge >= 0.3 is 6.01 Å². The van der Waals surface area contributed by atoms with E-state index in [9.17, 15) is 0 Å². The lowest BCUT2D eigenvalue weighted by Crippen LogP contribution is -1.95. The van der Waals surface area contributed by atoms with Gasteiger partial charge in [0.2, 0.25) is 5.88 Å². The fourth-order valence-electron chi connectivity index (χ4n) is 1.56. The van der Waals surface area contributed by atoms with Gasteiger partial charge in [-0.15, -0.1) is 5.10 Å². The average Bonchev–Trinajstić information content (AvgIpc) is 2.92. The molecule has 2 aromatic heterocycles. The van der Waals surface area contributed by atoms with Crippen molar-refractivity contribution >= 4 is 27.5 Å². The number of pyridine rings is 1. The third-order valence-corrected chi connectivity index (χ3v) is 3.23. The molecule has 100 valence electrons. The third kappa shape index (κ3) is 2.81. The quantitative estimate of drug-likeness (QED) is 0.719. The van der Waals surface area contributed by atoms with Crippen LogP contribution in [0.4, 0.5) is 0 Å². The number of para-hydroxylation sites is 1. The molecule has 0 aliphatic heterocycles. The Morgan fingerprint density at radius 1 is 1.15 bits per heavy atom. The van der Waals surface area contributed by atoms with Crippen LogP contribution in [0.1, 0.15) is 0 Å². The second-order valence-corrected chi connectivity index (χ2v) is 5.14. The van der Waals surface area contributed by atoms with Gasteiger partial charge in [0.1, 0.15) is 6.33 Å². The first-order valence-corrected chi connectivity index (χ1v) is 6.85. The molecule has 3 rings (SSSR count). The van der Waals surface area contributed by atoms with Gasteiger partial charge in [-0.1, -0.05) is 29.8 Å². The Hall–Kier alpha value is -1.92. The zero-order valence-electron chi connectivity index (χ0n) is 10.1. The van der Waals surface area contributed by atoms with Crippen molar-refractivity contribution < 1.29 is 4.74 Å². The number of aromatic nitrogens is 4. The summed E-state index contributed by atoms with van der Waals surface area (Å²) in [6.07, 6.45) is 3.07. The van der Waals surface area contributed by atoms with Gasteiger partial charge in [0, 0.05) is 6.20 Å². The molecule has 0 unspecified atom stereocenters. The molecule has 0 amide bonds. The standard InChI is InChI=1S/C13H8BrClN4O/c14-11-6-9(15)7-16-12(11)20-13-17-8-19(18-13)10-4-2-1-3-5-10/h1-8H. The predicted molar refractivity (Wildman–Crippen MR) is 78.4 cm³/mol. The highest BCUT2D eigenvalue weighted by molar-refractivity contribution is 9.10. The minimum atomic E-state index is 0.212. The van der Waals surface area contributed by atoms with Crippen molar-refractivity contribution in [2.75, 3.05) is 0 Å². The van der Waals surface area contributed by atoms with Gasteiger partial charge in [-0.25, -0.2) is 9.67 Å². The molecule has 0 atom stereocenters. The molecular weight excluding hydrogens is 344 g/mol. The normalized spacial score (nSPS) is 10.5. The lowest BCUT2D eigenvalue weighted by Gasteiger charge is -2.02. The molecular formula is C13H8BrClN4O. The summed E-state index contributed by atoms with van der Waals surface area (Å²) < 4.78 is 7.77. The second kappa shape index (κ2) is 5.60. The van der Waals surface area contributed by atoms with E-state index < -0.39 is 0 Å². The number of ether oxygens (including phenoxy) is 1. The summed E-state index contributed by atoms with van der Waals surface area (Å²) in [5.41, 5.74) is 0.901. The van der Waals surface area contributed by atoms with Gasteiger partial charge in [-0.3, -0.25) is 0 Å². The van der Waals surface area contributed by atoms with E-state index in [4.69, 9.17) is 16.3 Å². The van der Waals surface area contributed by atoms with Crippen LogP contribution >= 0.6 is 27.5 Å². The van der Waals surface area contributed by atoms with Gasteiger partial charge in [0.15, 0.2) is 0 Å². The van der Waals surface area contributed by atoms with Crippen LogP contribution in [-0.2, 0) is 0 Å². The van der Waals surface area contributed by atoms with E-state index >= 15 is 0 Å². The molecule has 7 heteroatoms. The highest BCUT2D eigenvalue weighted by Gasteiger charge is 2.09. The molecule has 2 heterocycles. The van der Waals surface area contributed by atoms with E-state index in [0.717, 1.165) is 5.69 Å². The van der Waals surface area contributed by atoms with E-state index in [2.05, 4.69) is 31.0 Å². The zero-order chi connectivity index (χ0) is 13.9. The van der Waals surface area contributed by atoms with Crippen LogP contribution < -0.4 is 4.74 Å². The second-order valence-electron chi connectivity index (χ2n) is 3.85. The fraction of sp³-hybridized carbons (Fsp3) is 0. The summed E-state index contributed by atoms with van der Waals surface area (Å²) in [5, 5.41) is 4.75. The number of halogens is 2. The Kier molecular flexibility index (Phi) is 3.66. The van der Waals surface area contributed by atoms with Crippen LogP contribution in [-0.4, -0.2) is 19.7 Å². The van der Waals surface area contributed by atoms with Crippen LogP contribution in [0.5, 0.6) is 11.9 Å². The van der Waals surface area contributed by atoms with Crippen molar-refractivity contribution in [2.24, 2.45) is 0 Å². The fourth-order valence-corrected chi connectivity index (χ4v) is 2.28. The molecule has 5 nitrogen and oxygen atoms in total. The Labute approximate surface area is 128 Å². The van der Waals surface area contributed by atoms with Gasteiger partial charge < -0.3 is 4.74 Å². The molecule has 0 saturated heterocycles. The topological polar surface area (TPSA) is 52.8 Å². The van der Waals surface area contributed by atoms with Crippen molar-refractivity contribution in [2.45, 2.75) is 0 Å². The van der Waals surface area contributed by atoms with Crippen molar-refractivity contribution in [3.63, 3.8) is 0 Å². The smallest absolute Gasteiger partial charge is 0.342 e. The third-order valence-electron chi connectivity index (χ3n) is 2.45. The summed E-state index contributed by atoms with van der Waals surface area (Å²) in [6.45, 7) is 0. The minimum absolute atomic E-state index is 0.212. The minimum Gasteiger partial charge on any atom is -0.403 e. The highest BCUT2D eigenvalue weighted by atomic mass is 79.9. The van der Waals surface area contributed by atoms with Crippen LogP contribution in [0, 0.1) is 0 Å². The summed E-state index contributed by atoms with van der Waals surface area (Å²) in [7, 11) is 0. The van der Waals surface area contributed by atoms with Crippen LogP contribution in [0.15, 0.2) is 53.4 Å². The largest absolute Gasteiger partial charge is 0.403 e. The van der Waals surface area contributed by atoms with Crippen molar-refractivity contribution in [1.82, 2.24) is 19.7 Å². The molecule has 0 fully saturated rings. The molecule has 20 heavy (non-hydrogen) atoms. The summed E-state index contributed by atoms with van der Waals surface area (Å²) in [5.74, 6) is 0.361. The van der Waals surface area contributed by atoms with E-state index in [1.807, 2.05) is 30.3 Å². The maximum atomic E-state index is 5.82. The molecule has 0 aliphatic carbocycles. The number of benzene rings is 1. The Morgan fingerprint density at radius 3 is 2.70 bits per heavy atom. The first kappa shape index (κ1) is 13.1. The lowest BCUT2D eigenvalue weighted by atomic mass is 10.3. The van der Waals surface area contributed by atoms with E-state index in [-0.39, 0.29) is 6.01 Å². The monoisotopic (exact) mass is 350 g/mol. The summed E-state index contributed by atoms with van der Waals surface area (Å²) in [4.78, 5) is 8.15. The predicted octanol–water partition coefficient (Wildman–Crippen LogP) is 3.87. The lowest BCUT2D eigenvalue weighted by molar-refractivity contribution is 0.422. The molecule has 1 aromatic carbocycles. The van der Waals surface area contributed by atoms with Crippen molar-refractivity contribution in [3.05, 3.63) is 58.4 Å². The van der Waals surface area contributed by atoms with E-state index in [1.165, 1.54) is 6.20 Å². The highest BCUT2D eigenvalue weighted by Crippen LogP contribution is 2.27. The van der Waals surface area contributed by atoms with Gasteiger partial charge in [0.25, 0.3) is 0 Å². The SMILES string of the molecule is Clc1cnc(Oc2ncn(-c3ccccc3)n2)c(Br)c1. The summed E-state index contributed by atoms with van der Waals surface area (Å²) in [6, 6.07) is 11.5. The molecule has 0 N–H and O–H groups in total. The molecule has 0 bridgehead atoms. The van der Waals surface area contributed by atoms with E-state index in [1.54, 1.807) is 17.1 Å². The first-order chi connectivity index (χ1) is 9.72. The van der Waals surface area contributed by atoms with Crippen molar-refractivity contribution in [3.8, 4) is 17.6 Å².